The maximum Gasteiger partial charge on any atom is 0.155 e. The number of para-hydroxylation sites is 4. The average molecular weight is 761 g/mol. The smallest absolute Gasteiger partial charge is 0.155 e. The van der Waals surface area contributed by atoms with Gasteiger partial charge in [0.05, 0.1) is 16.8 Å². The monoisotopic (exact) mass is 760 g/mol. The zero-order chi connectivity index (χ0) is 40.2. The molecule has 58 heavy (non-hydrogen) atoms. The van der Waals surface area contributed by atoms with Crippen LogP contribution in [0.1, 0.15) is 92.2 Å². The number of carbonyl (C=O) groups excluding carboxylic acids is 1. The van der Waals surface area contributed by atoms with Gasteiger partial charge in [-0.25, -0.2) is 0 Å². The van der Waals surface area contributed by atoms with Crippen molar-refractivity contribution >= 4 is 27.6 Å². The number of ketones is 1. The minimum absolute atomic E-state index is 0.129. The Morgan fingerprint density at radius 2 is 1.14 bits per heavy atom. The lowest BCUT2D eigenvalue weighted by Crippen LogP contribution is -2.25. The van der Waals surface area contributed by atoms with Crippen LogP contribution in [0, 0.1) is 0 Å². The van der Waals surface area contributed by atoms with Gasteiger partial charge in [0.25, 0.3) is 0 Å². The highest BCUT2D eigenvalue weighted by Gasteiger charge is 2.37. The molecule has 6 aromatic carbocycles. The highest BCUT2D eigenvalue weighted by Crippen LogP contribution is 2.47. The van der Waals surface area contributed by atoms with Gasteiger partial charge in [-0.15, -0.1) is 0 Å². The summed E-state index contributed by atoms with van der Waals surface area (Å²) in [5.41, 5.74) is 11.8. The lowest BCUT2D eigenvalue weighted by atomic mass is 9.70. The number of rotatable bonds is 14. The molecule has 0 aliphatic heterocycles. The summed E-state index contributed by atoms with van der Waals surface area (Å²) < 4.78 is 4.70. The fraction of sp³-hybridized carbons (Fsp3) is 0.204. The summed E-state index contributed by atoms with van der Waals surface area (Å²) in [6.45, 7) is 8.51. The zero-order valence-electron chi connectivity index (χ0n) is 34.0. The molecule has 4 nitrogen and oxygen atoms in total. The van der Waals surface area contributed by atoms with E-state index in [0.717, 1.165) is 29.8 Å². The third-order valence-electron chi connectivity index (χ3n) is 12.2. The lowest BCUT2D eigenvalue weighted by Gasteiger charge is -2.31. The highest BCUT2D eigenvalue weighted by molar-refractivity contribution is 5.93. The molecule has 0 fully saturated rings. The first kappa shape index (κ1) is 38.5. The molecular weight excluding hydrogens is 709 g/mol. The van der Waals surface area contributed by atoms with Crippen LogP contribution in [-0.2, 0) is 16.6 Å². The first-order chi connectivity index (χ1) is 28.2. The largest absolute Gasteiger partial charge is 0.512 e. The fourth-order valence-corrected chi connectivity index (χ4v) is 9.00. The van der Waals surface area contributed by atoms with Crippen LogP contribution in [-0.4, -0.2) is 20.0 Å². The summed E-state index contributed by atoms with van der Waals surface area (Å²) in [6.07, 6.45) is 9.31. The van der Waals surface area contributed by atoms with Gasteiger partial charge in [-0.3, -0.25) is 4.79 Å². The van der Waals surface area contributed by atoms with Crippen molar-refractivity contribution in [3.05, 3.63) is 215 Å². The molecule has 290 valence electrons. The van der Waals surface area contributed by atoms with Crippen molar-refractivity contribution in [3.8, 4) is 11.4 Å². The maximum atomic E-state index is 11.3. The van der Waals surface area contributed by atoms with Crippen molar-refractivity contribution in [2.45, 2.75) is 70.6 Å². The molecule has 8 aromatic rings. The standard InChI is InChI=1S/C54H52N2O2/c1-5-41(43-27-24-40(25-28-43)26-33-47(58)35-39(3)57)34-38(2)42-29-31-44(32-30-42)54(4,50-36-55(45-16-8-6-9-17-45)52-22-14-12-20-48(50)52)51-37-56(46-18-10-7-11-19-46)53-23-15-13-21-49(51)53/h6-25,27-32,35-38,41,58H,5,26,33-34H2,1-4H3. The second-order valence-corrected chi connectivity index (χ2v) is 16.0. The topological polar surface area (TPSA) is 47.2 Å². The number of aliphatic hydroxyl groups excluding tert-OH is 1. The summed E-state index contributed by atoms with van der Waals surface area (Å²) in [5, 5.41) is 12.5. The Morgan fingerprint density at radius 1 is 0.655 bits per heavy atom. The predicted molar refractivity (Wildman–Crippen MR) is 241 cm³/mol. The molecule has 0 radical (unpaired) electrons. The van der Waals surface area contributed by atoms with E-state index in [2.05, 4.69) is 200 Å². The van der Waals surface area contributed by atoms with Gasteiger partial charge in [-0.1, -0.05) is 135 Å². The Balaban J connectivity index is 1.17. The molecule has 1 N–H and O–H groups in total. The number of nitrogens with zero attached hydrogens (tertiary/aromatic N) is 2. The van der Waals surface area contributed by atoms with Crippen molar-refractivity contribution in [2.24, 2.45) is 0 Å². The van der Waals surface area contributed by atoms with Gasteiger partial charge < -0.3 is 14.2 Å². The Hall–Kier alpha value is -6.39. The number of aliphatic hydroxyl groups is 1. The Morgan fingerprint density at radius 3 is 1.64 bits per heavy atom. The van der Waals surface area contributed by atoms with E-state index >= 15 is 0 Å². The third-order valence-corrected chi connectivity index (χ3v) is 12.2. The Labute approximate surface area is 342 Å². The van der Waals surface area contributed by atoms with Crippen molar-refractivity contribution in [2.75, 3.05) is 0 Å². The Bertz CT molecular complexity index is 2570. The van der Waals surface area contributed by atoms with Crippen LogP contribution in [0.3, 0.4) is 0 Å². The van der Waals surface area contributed by atoms with Gasteiger partial charge in [-0.2, -0.15) is 0 Å². The van der Waals surface area contributed by atoms with E-state index < -0.39 is 5.41 Å². The summed E-state index contributed by atoms with van der Waals surface area (Å²) in [4.78, 5) is 11.3. The van der Waals surface area contributed by atoms with Crippen LogP contribution >= 0.6 is 0 Å². The number of aromatic nitrogens is 2. The summed E-state index contributed by atoms with van der Waals surface area (Å²) in [5.74, 6) is 0.795. The minimum Gasteiger partial charge on any atom is -0.512 e. The molecule has 0 saturated heterocycles. The number of fused-ring (bicyclic) bond motifs is 2. The van der Waals surface area contributed by atoms with Gasteiger partial charge >= 0.3 is 0 Å². The molecule has 2 atom stereocenters. The van der Waals surface area contributed by atoms with Gasteiger partial charge in [-0.05, 0) is 115 Å². The van der Waals surface area contributed by atoms with Crippen molar-refractivity contribution < 1.29 is 9.90 Å². The molecule has 4 heteroatoms. The molecular formula is C54H52N2O2. The normalized spacial score (nSPS) is 13.2. The lowest BCUT2D eigenvalue weighted by molar-refractivity contribution is -0.112. The molecule has 0 spiro atoms. The van der Waals surface area contributed by atoms with Gasteiger partial charge in [0.15, 0.2) is 5.78 Å². The van der Waals surface area contributed by atoms with E-state index in [0.29, 0.717) is 24.7 Å². The molecule has 0 saturated carbocycles. The second-order valence-electron chi connectivity index (χ2n) is 16.0. The van der Waals surface area contributed by atoms with E-state index in [-0.39, 0.29) is 11.5 Å². The first-order valence-electron chi connectivity index (χ1n) is 20.7. The van der Waals surface area contributed by atoms with Crippen LogP contribution in [0.15, 0.2) is 182 Å². The van der Waals surface area contributed by atoms with E-state index in [1.54, 1.807) is 0 Å². The molecule has 2 heterocycles. The van der Waals surface area contributed by atoms with Crippen LogP contribution in [0.25, 0.3) is 33.2 Å². The number of carbonyl (C=O) groups is 1. The molecule has 0 bridgehead atoms. The summed E-state index contributed by atoms with van der Waals surface area (Å²) >= 11 is 0. The van der Waals surface area contributed by atoms with Crippen molar-refractivity contribution in [1.29, 1.82) is 0 Å². The maximum absolute atomic E-state index is 11.3. The molecule has 8 rings (SSSR count). The molecule has 2 aromatic heterocycles. The minimum atomic E-state index is -0.507. The number of hydrogen-bond acceptors (Lipinski definition) is 2. The average Bonchev–Trinajstić information content (AvgIpc) is 3.86. The fourth-order valence-electron chi connectivity index (χ4n) is 9.00. The number of aryl methyl sites for hydroxylation is 1. The van der Waals surface area contributed by atoms with Gasteiger partial charge in [0.1, 0.15) is 0 Å². The van der Waals surface area contributed by atoms with E-state index in [1.807, 2.05) is 0 Å². The number of hydrogen-bond donors (Lipinski definition) is 1. The quantitative estimate of drug-likeness (QED) is 0.0886. The summed E-state index contributed by atoms with van der Waals surface area (Å²) in [7, 11) is 0. The van der Waals surface area contributed by atoms with Crippen molar-refractivity contribution in [1.82, 2.24) is 9.13 Å². The third kappa shape index (κ3) is 7.55. The first-order valence-corrected chi connectivity index (χ1v) is 20.7. The Kier molecular flexibility index (Phi) is 11.0. The van der Waals surface area contributed by atoms with Crippen LogP contribution in [0.5, 0.6) is 0 Å². The SMILES string of the molecule is CCC(CC(C)c1ccc(C(C)(c2cn(-c3ccccc3)c3ccccc23)c2cn(-c3ccccc3)c3ccccc23)cc1)c1ccc(CCC(O)=CC(C)=O)cc1. The second kappa shape index (κ2) is 16.6. The predicted octanol–water partition coefficient (Wildman–Crippen LogP) is 13.6. The van der Waals surface area contributed by atoms with E-state index in [4.69, 9.17) is 0 Å². The van der Waals surface area contributed by atoms with Crippen LogP contribution in [0.2, 0.25) is 0 Å². The summed E-state index contributed by atoms with van der Waals surface area (Å²) in [6, 6.07) is 57.3. The van der Waals surface area contributed by atoms with Crippen LogP contribution in [0.4, 0.5) is 0 Å². The molecule has 2 unspecified atom stereocenters. The number of benzene rings is 6. The number of allylic oxidation sites excluding steroid dienone is 2. The van der Waals surface area contributed by atoms with Gasteiger partial charge in [0.2, 0.25) is 0 Å². The van der Waals surface area contributed by atoms with E-state index in [9.17, 15) is 9.90 Å². The molecule has 0 amide bonds. The van der Waals surface area contributed by atoms with E-state index in [1.165, 1.54) is 62.6 Å². The van der Waals surface area contributed by atoms with Gasteiger partial charge in [0, 0.05) is 52.5 Å². The molecule has 0 aliphatic rings. The molecule has 0 aliphatic carbocycles. The highest BCUT2D eigenvalue weighted by atomic mass is 16.3. The zero-order valence-corrected chi connectivity index (χ0v) is 34.0. The van der Waals surface area contributed by atoms with Crippen molar-refractivity contribution in [3.63, 3.8) is 0 Å². The van der Waals surface area contributed by atoms with Crippen LogP contribution < -0.4 is 0 Å².